The van der Waals surface area contributed by atoms with Gasteiger partial charge in [-0.05, 0) is 54.0 Å². The number of methoxy groups -OCH3 is 2. The van der Waals surface area contributed by atoms with E-state index in [0.29, 0.717) is 17.7 Å². The third-order valence-electron chi connectivity index (χ3n) is 5.78. The number of ether oxygens (including phenoxy) is 2. The summed E-state index contributed by atoms with van der Waals surface area (Å²) in [6, 6.07) is 10.0. The molecule has 0 aliphatic carbocycles. The van der Waals surface area contributed by atoms with Gasteiger partial charge in [-0.1, -0.05) is 33.8 Å². The van der Waals surface area contributed by atoms with Crippen LogP contribution in [0.15, 0.2) is 42.7 Å². The Morgan fingerprint density at radius 3 is 2.28 bits per heavy atom. The minimum atomic E-state index is 0.0857. The maximum absolute atomic E-state index is 10.1. The summed E-state index contributed by atoms with van der Waals surface area (Å²) < 4.78 is 10.9. The van der Waals surface area contributed by atoms with Crippen molar-refractivity contribution >= 4 is 0 Å². The summed E-state index contributed by atoms with van der Waals surface area (Å²) in [5.41, 5.74) is 5.20. The van der Waals surface area contributed by atoms with Crippen LogP contribution in [-0.2, 0) is 12.8 Å². The molecule has 2 atom stereocenters. The molecule has 6 heteroatoms. The summed E-state index contributed by atoms with van der Waals surface area (Å²) in [4.78, 5) is 13.2. The summed E-state index contributed by atoms with van der Waals surface area (Å²) in [6.45, 7) is 8.54. The van der Waals surface area contributed by atoms with Crippen LogP contribution in [0, 0.1) is 0 Å². The Labute approximate surface area is 190 Å². The van der Waals surface area contributed by atoms with E-state index in [1.54, 1.807) is 20.4 Å². The molecule has 0 spiro atoms. The molecule has 0 aromatic carbocycles. The van der Waals surface area contributed by atoms with Gasteiger partial charge < -0.3 is 14.6 Å². The van der Waals surface area contributed by atoms with E-state index in [0.717, 1.165) is 40.8 Å². The lowest BCUT2D eigenvalue weighted by Gasteiger charge is -2.18. The van der Waals surface area contributed by atoms with Crippen molar-refractivity contribution in [1.82, 2.24) is 15.0 Å². The summed E-state index contributed by atoms with van der Waals surface area (Å²) in [7, 11) is 3.30. The number of nitrogens with zero attached hydrogens (tertiary/aromatic N) is 3. The molecule has 3 heterocycles. The van der Waals surface area contributed by atoms with Crippen molar-refractivity contribution in [3.05, 3.63) is 70.7 Å². The predicted octanol–water partition coefficient (Wildman–Crippen LogP) is 5.41. The zero-order valence-corrected chi connectivity index (χ0v) is 19.8. The minimum absolute atomic E-state index is 0.0857. The van der Waals surface area contributed by atoms with Gasteiger partial charge in [-0.3, -0.25) is 0 Å². The molecule has 32 heavy (non-hydrogen) atoms. The van der Waals surface area contributed by atoms with E-state index in [4.69, 9.17) is 14.5 Å². The second-order valence-electron chi connectivity index (χ2n) is 8.67. The van der Waals surface area contributed by atoms with Crippen LogP contribution in [-0.4, -0.2) is 34.3 Å². The first kappa shape index (κ1) is 23.5. The third-order valence-corrected chi connectivity index (χ3v) is 5.78. The van der Waals surface area contributed by atoms with E-state index < -0.39 is 0 Å². The summed E-state index contributed by atoms with van der Waals surface area (Å²) in [5, 5.41) is 10.1. The van der Waals surface area contributed by atoms with E-state index in [9.17, 15) is 5.11 Å². The van der Waals surface area contributed by atoms with Gasteiger partial charge in [0, 0.05) is 41.2 Å². The fourth-order valence-corrected chi connectivity index (χ4v) is 3.98. The molecule has 0 saturated heterocycles. The van der Waals surface area contributed by atoms with E-state index in [1.165, 1.54) is 0 Å². The van der Waals surface area contributed by atoms with Gasteiger partial charge in [-0.2, -0.15) is 0 Å². The van der Waals surface area contributed by atoms with Crippen LogP contribution < -0.4 is 9.47 Å². The summed E-state index contributed by atoms with van der Waals surface area (Å²) in [5.74, 6) is 2.00. The van der Waals surface area contributed by atoms with Crippen molar-refractivity contribution in [2.24, 2.45) is 0 Å². The molecule has 0 bridgehead atoms. The zero-order valence-electron chi connectivity index (χ0n) is 19.8. The number of hydrogen-bond donors (Lipinski definition) is 1. The number of rotatable bonds is 9. The lowest BCUT2D eigenvalue weighted by molar-refractivity contribution is 0.389. The molecule has 0 saturated carbocycles. The zero-order chi connectivity index (χ0) is 23.3. The van der Waals surface area contributed by atoms with Crippen LogP contribution in [0.5, 0.6) is 17.6 Å². The molecule has 0 amide bonds. The molecule has 2 unspecified atom stereocenters. The molecular formula is C26H33N3O3. The van der Waals surface area contributed by atoms with Crippen LogP contribution in [0.3, 0.4) is 0 Å². The van der Waals surface area contributed by atoms with Crippen molar-refractivity contribution in [3.8, 4) is 17.6 Å². The largest absolute Gasteiger partial charge is 0.493 e. The van der Waals surface area contributed by atoms with Gasteiger partial charge in [0.15, 0.2) is 0 Å². The van der Waals surface area contributed by atoms with E-state index in [1.807, 2.05) is 24.4 Å². The lowest BCUT2D eigenvalue weighted by atomic mass is 9.91. The molecule has 6 nitrogen and oxygen atoms in total. The minimum Gasteiger partial charge on any atom is -0.493 e. The fourth-order valence-electron chi connectivity index (χ4n) is 3.98. The second kappa shape index (κ2) is 10.4. The normalized spacial score (nSPS) is 13.1. The van der Waals surface area contributed by atoms with Gasteiger partial charge in [-0.15, -0.1) is 0 Å². The van der Waals surface area contributed by atoms with Crippen molar-refractivity contribution in [2.75, 3.05) is 14.2 Å². The average molecular weight is 436 g/mol. The van der Waals surface area contributed by atoms with Gasteiger partial charge in [0.2, 0.25) is 17.6 Å². The van der Waals surface area contributed by atoms with Gasteiger partial charge in [0.05, 0.1) is 14.2 Å². The van der Waals surface area contributed by atoms with Gasteiger partial charge in [0.25, 0.3) is 0 Å². The third kappa shape index (κ3) is 5.55. The maximum Gasteiger partial charge on any atom is 0.216 e. The Kier molecular flexibility index (Phi) is 7.67. The molecule has 0 aliphatic heterocycles. The van der Waals surface area contributed by atoms with Gasteiger partial charge >= 0.3 is 0 Å². The van der Waals surface area contributed by atoms with Crippen molar-refractivity contribution < 1.29 is 14.6 Å². The monoisotopic (exact) mass is 435 g/mol. The Morgan fingerprint density at radius 2 is 1.62 bits per heavy atom. The Balaban J connectivity index is 1.83. The second-order valence-corrected chi connectivity index (χ2v) is 8.67. The van der Waals surface area contributed by atoms with Crippen molar-refractivity contribution in [2.45, 2.75) is 58.3 Å². The van der Waals surface area contributed by atoms with Crippen LogP contribution in [0.25, 0.3) is 0 Å². The lowest BCUT2D eigenvalue weighted by Crippen LogP contribution is -2.07. The maximum atomic E-state index is 10.1. The molecule has 0 radical (unpaired) electrons. The smallest absolute Gasteiger partial charge is 0.216 e. The van der Waals surface area contributed by atoms with Crippen LogP contribution in [0.4, 0.5) is 0 Å². The summed E-state index contributed by atoms with van der Waals surface area (Å²) >= 11 is 0. The number of aromatic nitrogens is 3. The Bertz CT molecular complexity index is 1050. The number of aromatic hydroxyl groups is 1. The number of hydrogen-bond acceptors (Lipinski definition) is 6. The van der Waals surface area contributed by atoms with E-state index in [2.05, 4.69) is 49.8 Å². The van der Waals surface area contributed by atoms with E-state index >= 15 is 0 Å². The quantitative estimate of drug-likeness (QED) is 0.484. The van der Waals surface area contributed by atoms with Gasteiger partial charge in [0.1, 0.15) is 0 Å². The highest BCUT2D eigenvalue weighted by molar-refractivity contribution is 5.35. The molecule has 3 aromatic rings. The molecule has 1 N–H and O–H groups in total. The Hall–Kier alpha value is -3.15. The highest BCUT2D eigenvalue weighted by atomic mass is 16.5. The van der Waals surface area contributed by atoms with Crippen molar-refractivity contribution in [1.29, 1.82) is 0 Å². The highest BCUT2D eigenvalue weighted by Crippen LogP contribution is 2.30. The molecule has 3 aromatic heterocycles. The summed E-state index contributed by atoms with van der Waals surface area (Å²) in [6.07, 6.45) is 5.05. The van der Waals surface area contributed by atoms with Gasteiger partial charge in [-0.25, -0.2) is 15.0 Å². The number of pyridine rings is 3. The topological polar surface area (TPSA) is 77.4 Å². The molecule has 0 fully saturated rings. The predicted molar refractivity (Wildman–Crippen MR) is 126 cm³/mol. The first-order chi connectivity index (χ1) is 15.3. The Morgan fingerprint density at radius 1 is 0.875 bits per heavy atom. The first-order valence-corrected chi connectivity index (χ1v) is 11.0. The molecular weight excluding hydrogens is 402 g/mol. The molecule has 3 rings (SSSR count). The van der Waals surface area contributed by atoms with Crippen molar-refractivity contribution in [3.63, 3.8) is 0 Å². The highest BCUT2D eigenvalue weighted by Gasteiger charge is 2.17. The van der Waals surface area contributed by atoms with Crippen LogP contribution >= 0.6 is 0 Å². The molecule has 170 valence electrons. The van der Waals surface area contributed by atoms with E-state index in [-0.39, 0.29) is 17.7 Å². The molecule has 0 aliphatic rings. The standard InChI is InChI=1S/C26H33N3O3/c1-16(2)22-12-20(15-28-26(22)32-6)11-18(4)23-13-19(14-24(29-23)31-5)10-17(3)21-8-7-9-27-25(21)30/h7-9,12-18H,10-11H2,1-6H3,(H,27,30). The SMILES string of the molecule is COc1cc(CC(C)c2cccnc2O)cc(C(C)Cc2cnc(OC)c(C(C)C)c2)n1. The van der Waals surface area contributed by atoms with Crippen LogP contribution in [0.1, 0.15) is 73.4 Å². The fraction of sp³-hybridized carbons (Fsp3) is 0.423. The first-order valence-electron chi connectivity index (χ1n) is 11.0. The van der Waals surface area contributed by atoms with Crippen LogP contribution in [0.2, 0.25) is 0 Å². The average Bonchev–Trinajstić information content (AvgIpc) is 2.78.